The number of carbonyl (C=O) groups is 1. The van der Waals surface area contributed by atoms with Gasteiger partial charge in [-0.25, -0.2) is 0 Å². The third-order valence-electron chi connectivity index (χ3n) is 2.82. The summed E-state index contributed by atoms with van der Waals surface area (Å²) in [5.41, 5.74) is 1.55. The van der Waals surface area contributed by atoms with Crippen LogP contribution < -0.4 is 10.1 Å². The molecule has 20 heavy (non-hydrogen) atoms. The molecule has 1 N–H and O–H groups in total. The van der Waals surface area contributed by atoms with Crippen molar-refractivity contribution in [3.05, 3.63) is 65.7 Å². The first-order valence-electron chi connectivity index (χ1n) is 6.73. The Morgan fingerprint density at radius 3 is 2.40 bits per heavy atom. The van der Waals surface area contributed by atoms with Crippen LogP contribution in [-0.4, -0.2) is 11.9 Å². The predicted octanol–water partition coefficient (Wildman–Crippen LogP) is 3.40. The highest BCUT2D eigenvalue weighted by molar-refractivity contribution is 5.95. The first kappa shape index (κ1) is 14.1. The second-order valence-electron chi connectivity index (χ2n) is 4.89. The molecule has 0 bridgehead atoms. The van der Waals surface area contributed by atoms with Gasteiger partial charge in [0.2, 0.25) is 0 Å². The zero-order valence-electron chi connectivity index (χ0n) is 11.8. The van der Waals surface area contributed by atoms with Gasteiger partial charge in [0.1, 0.15) is 12.4 Å². The van der Waals surface area contributed by atoms with Crippen molar-refractivity contribution in [2.45, 2.75) is 26.5 Å². The van der Waals surface area contributed by atoms with E-state index in [-0.39, 0.29) is 11.9 Å². The molecule has 0 aliphatic rings. The van der Waals surface area contributed by atoms with Gasteiger partial charge in [0.05, 0.1) is 0 Å². The lowest BCUT2D eigenvalue weighted by Crippen LogP contribution is -2.30. The second-order valence-corrected chi connectivity index (χ2v) is 4.89. The zero-order chi connectivity index (χ0) is 14.4. The lowest BCUT2D eigenvalue weighted by atomic mass is 10.1. The van der Waals surface area contributed by atoms with Gasteiger partial charge in [-0.3, -0.25) is 4.79 Å². The van der Waals surface area contributed by atoms with E-state index in [4.69, 9.17) is 4.74 Å². The van der Waals surface area contributed by atoms with Crippen LogP contribution in [0.5, 0.6) is 5.75 Å². The van der Waals surface area contributed by atoms with E-state index in [0.29, 0.717) is 12.2 Å². The first-order chi connectivity index (χ1) is 9.66. The number of nitrogens with one attached hydrogen (secondary N) is 1. The third-order valence-corrected chi connectivity index (χ3v) is 2.82. The van der Waals surface area contributed by atoms with Gasteiger partial charge in [0.25, 0.3) is 5.91 Å². The zero-order valence-corrected chi connectivity index (χ0v) is 11.8. The van der Waals surface area contributed by atoms with E-state index in [9.17, 15) is 4.79 Å². The minimum atomic E-state index is -0.0627. The Bertz CT molecular complexity index is 564. The van der Waals surface area contributed by atoms with Crippen molar-refractivity contribution in [1.82, 2.24) is 5.32 Å². The summed E-state index contributed by atoms with van der Waals surface area (Å²) in [6.07, 6.45) is 0. The maximum atomic E-state index is 12.1. The number of hydrogen-bond donors (Lipinski definition) is 1. The minimum absolute atomic E-state index is 0.0627. The third kappa shape index (κ3) is 3.85. The Morgan fingerprint density at radius 1 is 1.05 bits per heavy atom. The van der Waals surface area contributed by atoms with Gasteiger partial charge in [-0.1, -0.05) is 36.4 Å². The normalized spacial score (nSPS) is 10.3. The molecule has 0 unspecified atom stereocenters. The highest BCUT2D eigenvalue weighted by atomic mass is 16.5. The lowest BCUT2D eigenvalue weighted by Gasteiger charge is -2.13. The SMILES string of the molecule is CC(C)NC(=O)c1ccccc1COc1ccccc1. The Morgan fingerprint density at radius 2 is 1.70 bits per heavy atom. The largest absolute Gasteiger partial charge is 0.489 e. The summed E-state index contributed by atoms with van der Waals surface area (Å²) in [5, 5.41) is 2.90. The number of para-hydroxylation sites is 1. The highest BCUT2D eigenvalue weighted by Gasteiger charge is 2.11. The van der Waals surface area contributed by atoms with Crippen LogP contribution in [0.2, 0.25) is 0 Å². The maximum Gasteiger partial charge on any atom is 0.251 e. The molecule has 3 heteroatoms. The quantitative estimate of drug-likeness (QED) is 0.903. The number of ether oxygens (including phenoxy) is 1. The van der Waals surface area contributed by atoms with Crippen molar-refractivity contribution < 1.29 is 9.53 Å². The molecule has 2 rings (SSSR count). The van der Waals surface area contributed by atoms with Crippen LogP contribution in [0.1, 0.15) is 29.8 Å². The Kier molecular flexibility index (Phi) is 4.77. The molecule has 104 valence electrons. The number of amides is 1. The van der Waals surface area contributed by atoms with E-state index in [2.05, 4.69) is 5.32 Å². The van der Waals surface area contributed by atoms with Gasteiger partial charge in [0, 0.05) is 17.2 Å². The molecule has 2 aromatic carbocycles. The average Bonchev–Trinajstić information content (AvgIpc) is 2.46. The summed E-state index contributed by atoms with van der Waals surface area (Å²) in [6.45, 7) is 4.27. The smallest absolute Gasteiger partial charge is 0.251 e. The Hall–Kier alpha value is -2.29. The monoisotopic (exact) mass is 269 g/mol. The van der Waals surface area contributed by atoms with E-state index in [0.717, 1.165) is 11.3 Å². The van der Waals surface area contributed by atoms with Crippen LogP contribution >= 0.6 is 0 Å². The summed E-state index contributed by atoms with van der Waals surface area (Å²) < 4.78 is 5.71. The van der Waals surface area contributed by atoms with Crippen molar-refractivity contribution in [3.8, 4) is 5.75 Å². The summed E-state index contributed by atoms with van der Waals surface area (Å²) in [5.74, 6) is 0.735. The van der Waals surface area contributed by atoms with Crippen LogP contribution in [0.25, 0.3) is 0 Å². The minimum Gasteiger partial charge on any atom is -0.489 e. The number of benzene rings is 2. The summed E-state index contributed by atoms with van der Waals surface area (Å²) in [6, 6.07) is 17.2. The van der Waals surface area contributed by atoms with Gasteiger partial charge in [-0.2, -0.15) is 0 Å². The Balaban J connectivity index is 2.10. The molecule has 0 spiro atoms. The summed E-state index contributed by atoms with van der Waals surface area (Å²) >= 11 is 0. The van der Waals surface area contributed by atoms with E-state index in [1.807, 2.05) is 68.4 Å². The standard InChI is InChI=1S/C17H19NO2/c1-13(2)18-17(19)16-11-7-6-8-14(16)12-20-15-9-4-3-5-10-15/h3-11,13H,12H2,1-2H3,(H,18,19). The van der Waals surface area contributed by atoms with Crippen LogP contribution in [-0.2, 0) is 6.61 Å². The maximum absolute atomic E-state index is 12.1. The molecule has 0 heterocycles. The predicted molar refractivity (Wildman–Crippen MR) is 79.8 cm³/mol. The van der Waals surface area contributed by atoms with E-state index in [1.165, 1.54) is 0 Å². The molecular weight excluding hydrogens is 250 g/mol. The van der Waals surface area contributed by atoms with Crippen molar-refractivity contribution in [2.75, 3.05) is 0 Å². The molecule has 0 aliphatic carbocycles. The van der Waals surface area contributed by atoms with Gasteiger partial charge < -0.3 is 10.1 Å². The molecule has 0 fully saturated rings. The van der Waals surface area contributed by atoms with E-state index in [1.54, 1.807) is 0 Å². The molecule has 1 amide bonds. The number of rotatable bonds is 5. The van der Waals surface area contributed by atoms with Crippen molar-refractivity contribution in [2.24, 2.45) is 0 Å². The number of hydrogen-bond acceptors (Lipinski definition) is 2. The number of carbonyl (C=O) groups excluding carboxylic acids is 1. The summed E-state index contributed by atoms with van der Waals surface area (Å²) in [7, 11) is 0. The Labute approximate surface area is 119 Å². The molecule has 2 aromatic rings. The van der Waals surface area contributed by atoms with Crippen molar-refractivity contribution in [1.29, 1.82) is 0 Å². The fourth-order valence-corrected chi connectivity index (χ4v) is 1.89. The van der Waals surface area contributed by atoms with Crippen LogP contribution in [0.3, 0.4) is 0 Å². The average molecular weight is 269 g/mol. The van der Waals surface area contributed by atoms with Crippen molar-refractivity contribution >= 4 is 5.91 Å². The van der Waals surface area contributed by atoms with E-state index >= 15 is 0 Å². The molecule has 0 saturated carbocycles. The van der Waals surface area contributed by atoms with Gasteiger partial charge in [-0.15, -0.1) is 0 Å². The van der Waals surface area contributed by atoms with Gasteiger partial charge in [0.15, 0.2) is 0 Å². The molecular formula is C17H19NO2. The fourth-order valence-electron chi connectivity index (χ4n) is 1.89. The summed E-state index contributed by atoms with van der Waals surface area (Å²) in [4.78, 5) is 12.1. The van der Waals surface area contributed by atoms with E-state index < -0.39 is 0 Å². The van der Waals surface area contributed by atoms with Crippen molar-refractivity contribution in [3.63, 3.8) is 0 Å². The van der Waals surface area contributed by atoms with Crippen LogP contribution in [0.4, 0.5) is 0 Å². The first-order valence-corrected chi connectivity index (χ1v) is 6.73. The molecule has 3 nitrogen and oxygen atoms in total. The van der Waals surface area contributed by atoms with Gasteiger partial charge >= 0.3 is 0 Å². The molecule has 0 atom stereocenters. The topological polar surface area (TPSA) is 38.3 Å². The molecule has 0 radical (unpaired) electrons. The van der Waals surface area contributed by atoms with Gasteiger partial charge in [-0.05, 0) is 32.0 Å². The molecule has 0 saturated heterocycles. The fraction of sp³-hybridized carbons (Fsp3) is 0.235. The second kappa shape index (κ2) is 6.75. The molecule has 0 aromatic heterocycles. The molecule has 0 aliphatic heterocycles. The lowest BCUT2D eigenvalue weighted by molar-refractivity contribution is 0.0940. The van der Waals surface area contributed by atoms with Crippen LogP contribution in [0, 0.1) is 0 Å². The highest BCUT2D eigenvalue weighted by Crippen LogP contribution is 2.14. The van der Waals surface area contributed by atoms with Crippen LogP contribution in [0.15, 0.2) is 54.6 Å².